The van der Waals surface area contributed by atoms with Gasteiger partial charge in [-0.15, -0.1) is 0 Å². The monoisotopic (exact) mass is 341 g/mol. The highest BCUT2D eigenvalue weighted by molar-refractivity contribution is 8.03. The maximum atomic E-state index is 12.2. The summed E-state index contributed by atoms with van der Waals surface area (Å²) in [6.45, 7) is 2.46. The van der Waals surface area contributed by atoms with Crippen LogP contribution in [0, 0.1) is 0 Å². The van der Waals surface area contributed by atoms with Crippen LogP contribution in [0.4, 0.5) is 5.82 Å². The Kier molecular flexibility index (Phi) is 4.76. The predicted molar refractivity (Wildman–Crippen MR) is 96.6 cm³/mol. The van der Waals surface area contributed by atoms with E-state index in [4.69, 9.17) is 10.5 Å². The zero-order valence-corrected chi connectivity index (χ0v) is 14.2. The van der Waals surface area contributed by atoms with Crippen molar-refractivity contribution in [2.45, 2.75) is 24.8 Å². The molecule has 1 aliphatic rings. The Morgan fingerprint density at radius 3 is 3.04 bits per heavy atom. The molecular formula is C18H19N3O2S. The minimum Gasteiger partial charge on any atom is -0.476 e. The number of carbonyl (C=O) groups is 1. The molecule has 1 aromatic carbocycles. The lowest BCUT2D eigenvalue weighted by Gasteiger charge is -2.24. The topological polar surface area (TPSA) is 77.2 Å². The molecule has 0 saturated carbocycles. The molecule has 0 saturated heterocycles. The largest absolute Gasteiger partial charge is 0.476 e. The Balaban J connectivity index is 1.63. The molecular weight excluding hydrogens is 322 g/mol. The van der Waals surface area contributed by atoms with Crippen molar-refractivity contribution in [2.24, 2.45) is 0 Å². The third kappa shape index (κ3) is 3.89. The summed E-state index contributed by atoms with van der Waals surface area (Å²) in [5.74, 6) is 0.779. The van der Waals surface area contributed by atoms with E-state index in [1.54, 1.807) is 30.1 Å². The van der Waals surface area contributed by atoms with Crippen LogP contribution in [0.5, 0.6) is 5.75 Å². The zero-order valence-electron chi connectivity index (χ0n) is 13.4. The van der Waals surface area contributed by atoms with Crippen LogP contribution in [0.2, 0.25) is 0 Å². The maximum absolute atomic E-state index is 12.2. The van der Waals surface area contributed by atoms with Gasteiger partial charge < -0.3 is 15.8 Å². The number of amides is 1. The first-order valence-electron chi connectivity index (χ1n) is 7.65. The molecule has 24 heavy (non-hydrogen) atoms. The van der Waals surface area contributed by atoms with E-state index in [9.17, 15) is 4.79 Å². The number of nitrogen functional groups attached to an aromatic ring is 1. The summed E-state index contributed by atoms with van der Waals surface area (Å²) >= 11 is 1.67. The number of nitrogens with two attached hydrogens (primary N) is 1. The number of hydrogen-bond donors (Lipinski definition) is 2. The second-order valence-electron chi connectivity index (χ2n) is 5.70. The molecule has 0 radical (unpaired) electrons. The highest BCUT2D eigenvalue weighted by Gasteiger charge is 2.28. The van der Waals surface area contributed by atoms with Crippen molar-refractivity contribution in [3.05, 3.63) is 65.2 Å². The van der Waals surface area contributed by atoms with Crippen LogP contribution in [-0.2, 0) is 6.54 Å². The highest BCUT2D eigenvalue weighted by atomic mass is 32.2. The third-order valence-corrected chi connectivity index (χ3v) is 4.75. The molecule has 1 unspecified atom stereocenters. The van der Waals surface area contributed by atoms with Crippen LogP contribution < -0.4 is 15.8 Å². The van der Waals surface area contributed by atoms with Gasteiger partial charge in [-0.25, -0.2) is 4.98 Å². The first-order valence-corrected chi connectivity index (χ1v) is 8.53. The molecule has 1 aromatic heterocycles. The van der Waals surface area contributed by atoms with Crippen LogP contribution in [-0.4, -0.2) is 15.8 Å². The predicted octanol–water partition coefficient (Wildman–Crippen LogP) is 3.34. The molecule has 0 fully saturated rings. The second-order valence-corrected chi connectivity index (χ2v) is 7.07. The van der Waals surface area contributed by atoms with Crippen molar-refractivity contribution in [2.75, 3.05) is 5.73 Å². The molecule has 3 rings (SSSR count). The van der Waals surface area contributed by atoms with Gasteiger partial charge in [0.2, 0.25) is 0 Å². The van der Waals surface area contributed by atoms with Crippen molar-refractivity contribution in [3.8, 4) is 5.75 Å². The Labute approximate surface area is 145 Å². The van der Waals surface area contributed by atoms with Crippen molar-refractivity contribution < 1.29 is 9.53 Å². The first-order chi connectivity index (χ1) is 11.6. The fraction of sp³-hybridized carbons (Fsp3) is 0.222. The van der Waals surface area contributed by atoms with E-state index in [0.717, 1.165) is 17.7 Å². The summed E-state index contributed by atoms with van der Waals surface area (Å²) in [4.78, 5) is 15.8. The minimum atomic E-state index is -0.258. The first kappa shape index (κ1) is 16.4. The van der Waals surface area contributed by atoms with Gasteiger partial charge >= 0.3 is 0 Å². The molecule has 0 bridgehead atoms. The van der Waals surface area contributed by atoms with Crippen molar-refractivity contribution in [1.29, 1.82) is 0 Å². The molecule has 1 atom stereocenters. The lowest BCUT2D eigenvalue weighted by Crippen LogP contribution is -2.25. The molecule has 6 heteroatoms. The Bertz CT molecular complexity index is 768. The van der Waals surface area contributed by atoms with Crippen LogP contribution in [0.15, 0.2) is 54.1 Å². The highest BCUT2D eigenvalue weighted by Crippen LogP contribution is 2.38. The van der Waals surface area contributed by atoms with Crippen molar-refractivity contribution in [3.63, 3.8) is 0 Å². The minimum absolute atomic E-state index is 0.228. The van der Waals surface area contributed by atoms with Crippen molar-refractivity contribution in [1.82, 2.24) is 10.3 Å². The van der Waals surface area contributed by atoms with Gasteiger partial charge in [0.1, 0.15) is 11.6 Å². The molecule has 3 N–H and O–H groups in total. The number of pyridine rings is 1. The van der Waals surface area contributed by atoms with E-state index in [0.29, 0.717) is 12.1 Å². The van der Waals surface area contributed by atoms with Crippen LogP contribution in [0.1, 0.15) is 29.3 Å². The summed E-state index contributed by atoms with van der Waals surface area (Å²) < 4.78 is 6.07. The fourth-order valence-electron chi connectivity index (χ4n) is 2.42. The van der Waals surface area contributed by atoms with Gasteiger partial charge in [-0.05, 0) is 42.2 Å². The number of hydrogen-bond acceptors (Lipinski definition) is 5. The Hall–Kier alpha value is -2.47. The average molecular weight is 341 g/mol. The lowest BCUT2D eigenvalue weighted by atomic mass is 10.2. The molecule has 2 aromatic rings. The van der Waals surface area contributed by atoms with Gasteiger partial charge in [0.25, 0.3) is 5.91 Å². The van der Waals surface area contributed by atoms with E-state index in [2.05, 4.69) is 28.7 Å². The number of carbonyl (C=O) groups excluding carboxylic acids is 1. The average Bonchev–Trinajstić information content (AvgIpc) is 2.99. The SMILES string of the molecule is CC1(Oc2cccc(CNC(=O)c3cccnc3N)c2)CC=CS1. The van der Waals surface area contributed by atoms with Gasteiger partial charge in [0.15, 0.2) is 4.93 Å². The number of benzene rings is 1. The van der Waals surface area contributed by atoms with Crippen LogP contribution >= 0.6 is 11.8 Å². The number of aromatic nitrogens is 1. The van der Waals surface area contributed by atoms with Crippen LogP contribution in [0.25, 0.3) is 0 Å². The van der Waals surface area contributed by atoms with Gasteiger partial charge in [-0.3, -0.25) is 4.79 Å². The number of ether oxygens (including phenoxy) is 1. The standard InChI is InChI=1S/C18H19N3O2S/c1-18(8-4-10-24-18)23-14-6-2-5-13(11-14)12-21-17(22)15-7-3-9-20-16(15)19/h2-7,9-11H,8,12H2,1H3,(H2,19,20)(H,21,22). The van der Waals surface area contributed by atoms with E-state index >= 15 is 0 Å². The van der Waals surface area contributed by atoms with Gasteiger partial charge in [0.05, 0.1) is 5.56 Å². The quantitative estimate of drug-likeness (QED) is 0.872. The maximum Gasteiger partial charge on any atom is 0.255 e. The van der Waals surface area contributed by atoms with Crippen molar-refractivity contribution >= 4 is 23.5 Å². The fourth-order valence-corrected chi connectivity index (χ4v) is 3.24. The number of thioether (sulfide) groups is 1. The molecule has 124 valence electrons. The van der Waals surface area contributed by atoms with E-state index in [1.807, 2.05) is 24.3 Å². The summed E-state index contributed by atoms with van der Waals surface area (Å²) in [6, 6.07) is 11.1. The molecule has 1 amide bonds. The molecule has 0 spiro atoms. The summed E-state index contributed by atoms with van der Waals surface area (Å²) in [7, 11) is 0. The van der Waals surface area contributed by atoms with E-state index in [1.165, 1.54) is 0 Å². The number of nitrogens with zero attached hydrogens (tertiary/aromatic N) is 1. The summed E-state index contributed by atoms with van der Waals surface area (Å²) in [5.41, 5.74) is 7.06. The number of nitrogens with one attached hydrogen (secondary N) is 1. The normalized spacial score (nSPS) is 19.2. The van der Waals surface area contributed by atoms with E-state index < -0.39 is 0 Å². The number of rotatable bonds is 5. The van der Waals surface area contributed by atoms with Gasteiger partial charge in [-0.1, -0.05) is 30.0 Å². The zero-order chi connectivity index (χ0) is 17.0. The van der Waals surface area contributed by atoms with Gasteiger partial charge in [-0.2, -0.15) is 0 Å². The Morgan fingerprint density at radius 1 is 1.42 bits per heavy atom. The molecule has 0 aliphatic carbocycles. The smallest absolute Gasteiger partial charge is 0.255 e. The molecule has 5 nitrogen and oxygen atoms in total. The lowest BCUT2D eigenvalue weighted by molar-refractivity contribution is 0.0951. The van der Waals surface area contributed by atoms with Gasteiger partial charge in [0, 0.05) is 19.2 Å². The van der Waals surface area contributed by atoms with E-state index in [-0.39, 0.29) is 16.7 Å². The molecule has 1 aliphatic heterocycles. The number of anilines is 1. The Morgan fingerprint density at radius 2 is 2.29 bits per heavy atom. The summed E-state index contributed by atoms with van der Waals surface area (Å²) in [6.07, 6.45) is 4.54. The van der Waals surface area contributed by atoms with Crippen LogP contribution in [0.3, 0.4) is 0 Å². The second kappa shape index (κ2) is 6.97. The summed E-state index contributed by atoms with van der Waals surface area (Å²) in [5, 5.41) is 4.91. The third-order valence-electron chi connectivity index (χ3n) is 3.67. The molecule has 2 heterocycles.